The first kappa shape index (κ1) is 27.3. The molecule has 0 radical (unpaired) electrons. The molecule has 6 rings (SSSR count). The lowest BCUT2D eigenvalue weighted by Crippen LogP contribution is -2.43. The van der Waals surface area contributed by atoms with Crippen LogP contribution in [-0.4, -0.2) is 99.9 Å². The van der Waals surface area contributed by atoms with Crippen LogP contribution in [0.15, 0.2) is 36.8 Å². The van der Waals surface area contributed by atoms with Gasteiger partial charge >= 0.3 is 0 Å². The molecule has 2 saturated heterocycles. The summed E-state index contributed by atoms with van der Waals surface area (Å²) in [4.78, 5) is 14.3. The monoisotopic (exact) mass is 564 g/mol. The quantitative estimate of drug-likeness (QED) is 0.446. The Balaban J connectivity index is 1.11. The topological polar surface area (TPSA) is 99.5 Å². The third kappa shape index (κ3) is 5.93. The maximum absolute atomic E-state index is 12.6. The fourth-order valence-electron chi connectivity index (χ4n) is 5.73. The fraction of sp³-hybridized carbons (Fsp3) is 0.552. The number of nitrogens with zero attached hydrogens (tertiary/aromatic N) is 7. The molecule has 2 aliphatic heterocycles. The average Bonchev–Trinajstić information content (AvgIpc) is 3.70. The molecule has 4 heterocycles. The Labute approximate surface area is 237 Å². The van der Waals surface area contributed by atoms with Crippen LogP contribution in [0.25, 0.3) is 16.9 Å². The minimum absolute atomic E-state index is 0.148. The van der Waals surface area contributed by atoms with Crippen molar-refractivity contribution < 1.29 is 8.42 Å². The van der Waals surface area contributed by atoms with Gasteiger partial charge in [0.05, 0.1) is 22.8 Å². The van der Waals surface area contributed by atoms with Gasteiger partial charge in [0.25, 0.3) is 0 Å². The number of likely N-dealkylation sites (N-methyl/N-ethyl adjacent to an activating group) is 1. The highest BCUT2D eigenvalue weighted by atomic mass is 32.2. The first-order valence-electron chi connectivity index (χ1n) is 14.4. The predicted octanol–water partition coefficient (Wildman–Crippen LogP) is 3.06. The van der Waals surface area contributed by atoms with Crippen LogP contribution in [0.1, 0.15) is 42.4 Å². The second-order valence-electron chi connectivity index (χ2n) is 11.7. The molecule has 3 aliphatic rings. The molecule has 0 unspecified atom stereocenters. The summed E-state index contributed by atoms with van der Waals surface area (Å²) in [6, 6.07) is 6.79. The second kappa shape index (κ2) is 11.2. The van der Waals surface area contributed by atoms with Crippen LogP contribution in [0, 0.1) is 13.8 Å². The van der Waals surface area contributed by atoms with E-state index in [9.17, 15) is 8.42 Å². The van der Waals surface area contributed by atoms with Crippen molar-refractivity contribution in [3.63, 3.8) is 0 Å². The van der Waals surface area contributed by atoms with Crippen molar-refractivity contribution in [2.24, 2.45) is 0 Å². The van der Waals surface area contributed by atoms with Crippen molar-refractivity contribution >= 4 is 16.0 Å². The average molecular weight is 565 g/mol. The summed E-state index contributed by atoms with van der Waals surface area (Å²) in [5.41, 5.74) is 6.35. The number of piperidine rings is 1. The summed E-state index contributed by atoms with van der Waals surface area (Å²) < 4.78 is 28.7. The Hall–Kier alpha value is -2.86. The number of sulfonamides is 1. The molecule has 214 valence electrons. The smallest absolute Gasteiger partial charge is 0.223 e. The van der Waals surface area contributed by atoms with Crippen molar-refractivity contribution in [3.05, 3.63) is 53.5 Å². The first-order chi connectivity index (χ1) is 19.3. The van der Waals surface area contributed by atoms with Crippen molar-refractivity contribution in [1.29, 1.82) is 0 Å². The van der Waals surface area contributed by atoms with E-state index in [4.69, 9.17) is 4.98 Å². The summed E-state index contributed by atoms with van der Waals surface area (Å²) in [6.07, 6.45) is 8.84. The van der Waals surface area contributed by atoms with E-state index in [2.05, 4.69) is 57.4 Å². The van der Waals surface area contributed by atoms with Crippen molar-refractivity contribution in [2.45, 2.75) is 57.4 Å². The lowest BCUT2D eigenvalue weighted by Gasteiger charge is -2.32. The molecule has 10 nitrogen and oxygen atoms in total. The number of benzene rings is 1. The zero-order valence-corrected chi connectivity index (χ0v) is 24.6. The lowest BCUT2D eigenvalue weighted by atomic mass is 10.1. The zero-order valence-electron chi connectivity index (χ0n) is 23.8. The van der Waals surface area contributed by atoms with Crippen LogP contribution in [0.4, 0.5) is 5.95 Å². The van der Waals surface area contributed by atoms with Gasteiger partial charge in [-0.2, -0.15) is 5.10 Å². The second-order valence-corrected chi connectivity index (χ2v) is 13.9. The van der Waals surface area contributed by atoms with Gasteiger partial charge in [-0.05, 0) is 69.3 Å². The van der Waals surface area contributed by atoms with Crippen LogP contribution < -0.4 is 5.32 Å². The van der Waals surface area contributed by atoms with Gasteiger partial charge in [-0.25, -0.2) is 27.4 Å². The number of aryl methyl sites for hydroxylation is 2. The van der Waals surface area contributed by atoms with E-state index in [0.717, 1.165) is 80.9 Å². The number of aromatic nitrogens is 4. The predicted molar refractivity (Wildman–Crippen MR) is 157 cm³/mol. The molecule has 1 N–H and O–H groups in total. The third-order valence-corrected chi connectivity index (χ3v) is 10.8. The Morgan fingerprint density at radius 3 is 2.40 bits per heavy atom. The number of hydrogen-bond acceptors (Lipinski definition) is 8. The summed E-state index contributed by atoms with van der Waals surface area (Å²) in [5.74, 6) is 0.571. The van der Waals surface area contributed by atoms with Gasteiger partial charge in [0.15, 0.2) is 0 Å². The Morgan fingerprint density at radius 2 is 1.70 bits per heavy atom. The molecule has 3 aromatic rings. The highest BCUT2D eigenvalue weighted by Gasteiger charge is 2.41. The van der Waals surface area contributed by atoms with Gasteiger partial charge in [-0.3, -0.25) is 4.90 Å². The van der Waals surface area contributed by atoms with Gasteiger partial charge in [0.1, 0.15) is 0 Å². The van der Waals surface area contributed by atoms with Crippen LogP contribution in [0.3, 0.4) is 0 Å². The third-order valence-electron chi connectivity index (χ3n) is 8.43. The van der Waals surface area contributed by atoms with Crippen LogP contribution in [-0.2, 0) is 16.6 Å². The van der Waals surface area contributed by atoms with Crippen LogP contribution in [0.2, 0.25) is 0 Å². The summed E-state index contributed by atoms with van der Waals surface area (Å²) >= 11 is 0. The summed E-state index contributed by atoms with van der Waals surface area (Å²) in [6.45, 7) is 10.7. The Bertz CT molecular complexity index is 1450. The van der Waals surface area contributed by atoms with E-state index in [0.29, 0.717) is 19.0 Å². The Kier molecular flexibility index (Phi) is 7.64. The van der Waals surface area contributed by atoms with Crippen LogP contribution in [0.5, 0.6) is 0 Å². The van der Waals surface area contributed by atoms with Gasteiger partial charge < -0.3 is 10.2 Å². The number of rotatable bonds is 8. The van der Waals surface area contributed by atoms with Gasteiger partial charge in [-0.15, -0.1) is 0 Å². The van der Waals surface area contributed by atoms with Crippen molar-refractivity contribution in [3.8, 4) is 16.9 Å². The molecule has 1 aliphatic carbocycles. The molecule has 11 heteroatoms. The number of nitrogens with one attached hydrogen (secondary N) is 1. The van der Waals surface area contributed by atoms with E-state index in [1.165, 1.54) is 11.1 Å². The van der Waals surface area contributed by atoms with E-state index < -0.39 is 10.0 Å². The molecule has 1 saturated carbocycles. The van der Waals surface area contributed by atoms with E-state index in [-0.39, 0.29) is 11.3 Å². The maximum atomic E-state index is 12.6. The van der Waals surface area contributed by atoms with Crippen LogP contribution >= 0.6 is 0 Å². The van der Waals surface area contributed by atoms with Gasteiger partial charge in [0, 0.05) is 69.8 Å². The molecule has 1 aromatic carbocycles. The number of hydrogen-bond donors (Lipinski definition) is 1. The number of piperazine rings is 1. The SMILES string of the molecule is Cc1cc(CN2CCN(C)CC2)ccc1-n1cc(-c2nc(NC3CCN(S(=O)(=O)C4CC4)CC3)ncc2C)cn1. The molecular weight excluding hydrogens is 524 g/mol. The molecule has 0 atom stereocenters. The zero-order chi connectivity index (χ0) is 27.9. The summed E-state index contributed by atoms with van der Waals surface area (Å²) in [7, 11) is -0.922. The molecular formula is C29H40N8O2S. The molecule has 40 heavy (non-hydrogen) atoms. The van der Waals surface area contributed by atoms with E-state index in [1.807, 2.05) is 30.2 Å². The van der Waals surface area contributed by atoms with Crippen molar-refractivity contribution in [2.75, 3.05) is 51.6 Å². The molecule has 0 spiro atoms. The molecule has 0 amide bonds. The maximum Gasteiger partial charge on any atom is 0.223 e. The fourth-order valence-corrected chi connectivity index (χ4v) is 7.60. The highest BCUT2D eigenvalue weighted by Crippen LogP contribution is 2.32. The minimum Gasteiger partial charge on any atom is -0.351 e. The number of anilines is 1. The molecule has 0 bridgehead atoms. The normalized spacial score (nSPS) is 20.2. The van der Waals surface area contributed by atoms with E-state index in [1.54, 1.807) is 4.31 Å². The van der Waals surface area contributed by atoms with Crippen molar-refractivity contribution in [1.82, 2.24) is 33.9 Å². The van der Waals surface area contributed by atoms with E-state index >= 15 is 0 Å². The summed E-state index contributed by atoms with van der Waals surface area (Å²) in [5, 5.41) is 7.97. The van der Waals surface area contributed by atoms with Gasteiger partial charge in [0.2, 0.25) is 16.0 Å². The molecule has 2 aromatic heterocycles. The lowest BCUT2D eigenvalue weighted by molar-refractivity contribution is 0.148. The highest BCUT2D eigenvalue weighted by molar-refractivity contribution is 7.90. The first-order valence-corrected chi connectivity index (χ1v) is 15.9. The van der Waals surface area contributed by atoms with Gasteiger partial charge in [-0.1, -0.05) is 12.1 Å². The standard InChI is InChI=1S/C29H40N8O2S/c1-21-16-23(19-35-14-12-34(3)13-15-35)4-7-27(21)37-20-24(18-31-37)28-22(2)17-30-29(33-28)32-25-8-10-36(11-9-25)40(38,39)26-5-6-26/h4,7,16-18,20,25-26H,5-6,8-15,19H2,1-3H3,(H,30,32,33). The minimum atomic E-state index is -3.11. The Morgan fingerprint density at radius 1 is 0.950 bits per heavy atom. The largest absolute Gasteiger partial charge is 0.351 e. The molecule has 3 fully saturated rings.